The van der Waals surface area contributed by atoms with Gasteiger partial charge in [-0.15, -0.1) is 0 Å². The molecule has 7 nitrogen and oxygen atoms in total. The first kappa shape index (κ1) is 28.0. The predicted octanol–water partition coefficient (Wildman–Crippen LogP) is 5.80. The second-order valence-corrected chi connectivity index (χ2v) is 8.12. The number of rotatable bonds is 9. The van der Waals surface area contributed by atoms with E-state index in [4.69, 9.17) is 20.9 Å². The van der Waals surface area contributed by atoms with E-state index in [-0.39, 0.29) is 30.4 Å². The van der Waals surface area contributed by atoms with Crippen LogP contribution in [0.25, 0.3) is 11.6 Å². The molecule has 0 spiro atoms. The molecule has 0 aliphatic rings. The van der Waals surface area contributed by atoms with Crippen LogP contribution in [-0.2, 0) is 9.53 Å². The molecule has 0 atom stereocenters. The second kappa shape index (κ2) is 11.2. The molecule has 0 aliphatic carbocycles. The van der Waals surface area contributed by atoms with Crippen LogP contribution in [0.5, 0.6) is 11.5 Å². The van der Waals surface area contributed by atoms with Crippen LogP contribution in [0.3, 0.4) is 0 Å². The van der Waals surface area contributed by atoms with Crippen molar-refractivity contribution in [3.8, 4) is 11.5 Å². The van der Waals surface area contributed by atoms with Gasteiger partial charge in [0.1, 0.15) is 11.5 Å². The standard InChI is InChI=1S/C27H24F4N2O5/c1-3-36-25(35)22(21-13-8-18(32)15-23(21)33)14-16-4-9-19(10-5-16)37-24(34)17-6-11-20(12-7-17)38-27(30,31)26(2,28)29/h4-15H,3,32-33H2,1-2H3. The van der Waals surface area contributed by atoms with E-state index in [0.29, 0.717) is 22.5 Å². The summed E-state index contributed by atoms with van der Waals surface area (Å²) in [6.45, 7) is 1.86. The van der Waals surface area contributed by atoms with E-state index in [2.05, 4.69) is 4.74 Å². The van der Waals surface area contributed by atoms with Gasteiger partial charge in [-0.2, -0.15) is 17.6 Å². The molecule has 0 heterocycles. The van der Waals surface area contributed by atoms with E-state index in [1.165, 1.54) is 18.2 Å². The molecule has 0 aromatic heterocycles. The molecule has 4 N–H and O–H groups in total. The van der Waals surface area contributed by atoms with Crippen molar-refractivity contribution in [1.29, 1.82) is 0 Å². The van der Waals surface area contributed by atoms with Gasteiger partial charge in [0, 0.05) is 23.9 Å². The molecule has 0 bridgehead atoms. The van der Waals surface area contributed by atoms with Crippen LogP contribution < -0.4 is 20.9 Å². The highest BCUT2D eigenvalue weighted by atomic mass is 19.3. The lowest BCUT2D eigenvalue weighted by molar-refractivity contribution is -0.301. The highest BCUT2D eigenvalue weighted by molar-refractivity contribution is 6.23. The third kappa shape index (κ3) is 6.81. The third-order valence-corrected chi connectivity index (χ3v) is 5.11. The van der Waals surface area contributed by atoms with Crippen molar-refractivity contribution in [1.82, 2.24) is 0 Å². The number of hydrogen-bond acceptors (Lipinski definition) is 7. The number of esters is 2. The lowest BCUT2D eigenvalue weighted by atomic mass is 10.0. The van der Waals surface area contributed by atoms with E-state index in [0.717, 1.165) is 24.3 Å². The van der Waals surface area contributed by atoms with Gasteiger partial charge in [-0.1, -0.05) is 12.1 Å². The SMILES string of the molecule is CCOC(=O)C(=Cc1ccc(OC(=O)c2ccc(OC(F)(F)C(C)(F)F)cc2)cc1)c1ccc(N)cc1N. The smallest absolute Gasteiger partial charge is 0.462 e. The maximum Gasteiger partial charge on any atom is 0.463 e. The number of carbonyl (C=O) groups excluding carboxylic acids is 2. The number of nitrogens with two attached hydrogens (primary N) is 2. The first-order valence-electron chi connectivity index (χ1n) is 11.2. The van der Waals surface area contributed by atoms with Gasteiger partial charge in [0.05, 0.1) is 17.7 Å². The predicted molar refractivity (Wildman–Crippen MR) is 134 cm³/mol. The van der Waals surface area contributed by atoms with Crippen LogP contribution in [-0.4, -0.2) is 30.6 Å². The van der Waals surface area contributed by atoms with E-state index < -0.39 is 29.7 Å². The van der Waals surface area contributed by atoms with Crippen molar-refractivity contribution in [2.75, 3.05) is 18.1 Å². The molecule has 3 aromatic carbocycles. The molecule has 0 aliphatic heterocycles. The fraction of sp³-hybridized carbons (Fsp3) is 0.185. The minimum absolute atomic E-state index is 0.0312. The molecule has 3 rings (SSSR count). The topological polar surface area (TPSA) is 114 Å². The summed E-state index contributed by atoms with van der Waals surface area (Å²) >= 11 is 0. The van der Waals surface area contributed by atoms with Crippen LogP contribution >= 0.6 is 0 Å². The van der Waals surface area contributed by atoms with E-state index in [9.17, 15) is 27.2 Å². The number of carbonyl (C=O) groups is 2. The molecule has 0 unspecified atom stereocenters. The number of hydrogen-bond donors (Lipinski definition) is 2. The normalized spacial score (nSPS) is 12.1. The number of nitrogen functional groups attached to an aromatic ring is 2. The second-order valence-electron chi connectivity index (χ2n) is 8.12. The molecule has 11 heteroatoms. The molecule has 0 saturated carbocycles. The zero-order valence-electron chi connectivity index (χ0n) is 20.3. The molecule has 38 heavy (non-hydrogen) atoms. The maximum absolute atomic E-state index is 13.4. The van der Waals surface area contributed by atoms with E-state index in [1.54, 1.807) is 37.3 Å². The Hall–Kier alpha value is -4.54. The zero-order valence-corrected chi connectivity index (χ0v) is 20.3. The van der Waals surface area contributed by atoms with Gasteiger partial charge < -0.3 is 25.7 Å². The van der Waals surface area contributed by atoms with Gasteiger partial charge in [0.25, 0.3) is 0 Å². The fourth-order valence-electron chi connectivity index (χ4n) is 3.14. The van der Waals surface area contributed by atoms with Crippen molar-refractivity contribution in [3.05, 3.63) is 83.4 Å². The lowest BCUT2D eigenvalue weighted by Crippen LogP contribution is -2.42. The average Bonchev–Trinajstić information content (AvgIpc) is 2.83. The molecular formula is C27H24F4N2O5. The average molecular weight is 532 g/mol. The van der Waals surface area contributed by atoms with Crippen molar-refractivity contribution in [2.24, 2.45) is 0 Å². The lowest BCUT2D eigenvalue weighted by Gasteiger charge is -2.23. The number of benzene rings is 3. The van der Waals surface area contributed by atoms with Gasteiger partial charge in [-0.3, -0.25) is 0 Å². The Morgan fingerprint density at radius 3 is 2.05 bits per heavy atom. The Balaban J connectivity index is 1.75. The van der Waals surface area contributed by atoms with Gasteiger partial charge in [-0.25, -0.2) is 9.59 Å². The molecule has 0 fully saturated rings. The highest BCUT2D eigenvalue weighted by Crippen LogP contribution is 2.36. The van der Waals surface area contributed by atoms with Gasteiger partial charge in [0.15, 0.2) is 0 Å². The van der Waals surface area contributed by atoms with Gasteiger partial charge >= 0.3 is 24.0 Å². The summed E-state index contributed by atoms with van der Waals surface area (Å²) in [7, 11) is 0. The van der Waals surface area contributed by atoms with Crippen LogP contribution in [0.1, 0.15) is 35.3 Å². The fourth-order valence-corrected chi connectivity index (χ4v) is 3.14. The van der Waals surface area contributed by atoms with E-state index in [1.807, 2.05) is 0 Å². The summed E-state index contributed by atoms with van der Waals surface area (Å²) in [6, 6.07) is 14.9. The number of alkyl halides is 4. The molecular weight excluding hydrogens is 508 g/mol. The first-order chi connectivity index (χ1) is 17.8. The zero-order chi connectivity index (χ0) is 28.1. The summed E-state index contributed by atoms with van der Waals surface area (Å²) in [5.74, 6) is -6.22. The van der Waals surface area contributed by atoms with Gasteiger partial charge in [0.2, 0.25) is 0 Å². The van der Waals surface area contributed by atoms with Crippen molar-refractivity contribution in [3.63, 3.8) is 0 Å². The Morgan fingerprint density at radius 1 is 0.895 bits per heavy atom. The Labute approximate surface area is 215 Å². The molecule has 0 radical (unpaired) electrons. The van der Waals surface area contributed by atoms with Crippen LogP contribution in [0.15, 0.2) is 66.7 Å². The molecule has 3 aromatic rings. The monoisotopic (exact) mass is 532 g/mol. The number of anilines is 2. The van der Waals surface area contributed by atoms with Crippen molar-refractivity contribution < 1.29 is 41.4 Å². The van der Waals surface area contributed by atoms with E-state index >= 15 is 0 Å². The number of ether oxygens (including phenoxy) is 3. The summed E-state index contributed by atoms with van der Waals surface area (Å²) < 4.78 is 67.1. The van der Waals surface area contributed by atoms with Crippen molar-refractivity contribution >= 4 is 35.0 Å². The summed E-state index contributed by atoms with van der Waals surface area (Å²) in [4.78, 5) is 25.0. The summed E-state index contributed by atoms with van der Waals surface area (Å²) in [5.41, 5.74) is 13.7. The maximum atomic E-state index is 13.4. The number of halogens is 4. The minimum Gasteiger partial charge on any atom is -0.462 e. The molecule has 0 amide bonds. The summed E-state index contributed by atoms with van der Waals surface area (Å²) in [6.07, 6.45) is -3.17. The van der Waals surface area contributed by atoms with Crippen LogP contribution in [0.2, 0.25) is 0 Å². The summed E-state index contributed by atoms with van der Waals surface area (Å²) in [5, 5.41) is 0. The largest absolute Gasteiger partial charge is 0.463 e. The Kier molecular flexibility index (Phi) is 8.29. The Morgan fingerprint density at radius 2 is 1.50 bits per heavy atom. The molecule has 200 valence electrons. The van der Waals surface area contributed by atoms with Crippen LogP contribution in [0, 0.1) is 0 Å². The quantitative estimate of drug-likeness (QED) is 0.0894. The first-order valence-corrected chi connectivity index (χ1v) is 11.2. The third-order valence-electron chi connectivity index (χ3n) is 5.11. The minimum atomic E-state index is -4.72. The highest BCUT2D eigenvalue weighted by Gasteiger charge is 2.55. The Bertz CT molecular complexity index is 1340. The van der Waals surface area contributed by atoms with Crippen molar-refractivity contribution in [2.45, 2.75) is 25.9 Å². The molecule has 0 saturated heterocycles. The van der Waals surface area contributed by atoms with Crippen LogP contribution in [0.4, 0.5) is 28.9 Å². The van der Waals surface area contributed by atoms with Gasteiger partial charge in [-0.05, 0) is 73.2 Å².